The van der Waals surface area contributed by atoms with Crippen molar-refractivity contribution < 1.29 is 0 Å². The van der Waals surface area contributed by atoms with Gasteiger partial charge < -0.3 is 0 Å². The number of fused-ring (bicyclic) bond motifs is 2. The van der Waals surface area contributed by atoms with E-state index >= 15 is 0 Å². The molecule has 0 spiro atoms. The summed E-state index contributed by atoms with van der Waals surface area (Å²) in [4.78, 5) is 17.4. The zero-order chi connectivity index (χ0) is 17.4. The van der Waals surface area contributed by atoms with Crippen molar-refractivity contribution in [2.75, 3.05) is 0 Å². The fourth-order valence-electron chi connectivity index (χ4n) is 3.36. The molecule has 0 saturated carbocycles. The monoisotopic (exact) mass is 328 g/mol. The van der Waals surface area contributed by atoms with Crippen molar-refractivity contribution in [1.29, 1.82) is 0 Å². The highest BCUT2D eigenvalue weighted by Gasteiger charge is 2.18. The van der Waals surface area contributed by atoms with Crippen LogP contribution in [0.2, 0.25) is 0 Å². The Kier molecular flexibility index (Phi) is 3.89. The molecule has 3 heteroatoms. The fourth-order valence-corrected chi connectivity index (χ4v) is 3.36. The van der Waals surface area contributed by atoms with Gasteiger partial charge in [0.2, 0.25) is 0 Å². The molecule has 1 unspecified atom stereocenters. The zero-order valence-electron chi connectivity index (χ0n) is 14.5. The Morgan fingerprint density at radius 1 is 1.12 bits per heavy atom. The second-order valence-corrected chi connectivity index (χ2v) is 6.93. The summed E-state index contributed by atoms with van der Waals surface area (Å²) in [5.74, 6) is 7.86. The van der Waals surface area contributed by atoms with Crippen LogP contribution in [0.15, 0.2) is 47.3 Å². The van der Waals surface area contributed by atoms with Crippen molar-refractivity contribution >= 4 is 10.9 Å². The van der Waals surface area contributed by atoms with Crippen LogP contribution in [-0.4, -0.2) is 9.55 Å². The summed E-state index contributed by atoms with van der Waals surface area (Å²) in [5, 5.41) is 0.680. The number of hydrogen-bond donors (Lipinski definition) is 0. The smallest absolute Gasteiger partial charge is 0.261 e. The van der Waals surface area contributed by atoms with Crippen molar-refractivity contribution in [3.63, 3.8) is 0 Å². The molecule has 3 aromatic rings. The lowest BCUT2D eigenvalue weighted by atomic mass is 9.99. The number of hydrogen-bond acceptors (Lipinski definition) is 2. The SMILES string of the molecule is Cc1cccc(C#Cc2ccc3c(=O)n4c(nc3c2)CC(C)CC4)c1. The third kappa shape index (κ3) is 3.08. The van der Waals surface area contributed by atoms with Crippen LogP contribution in [-0.2, 0) is 13.0 Å². The Balaban J connectivity index is 1.77. The molecule has 1 aliphatic rings. The highest BCUT2D eigenvalue weighted by atomic mass is 16.1. The second kappa shape index (κ2) is 6.22. The first-order valence-corrected chi connectivity index (χ1v) is 8.72. The first-order chi connectivity index (χ1) is 12.1. The van der Waals surface area contributed by atoms with Gasteiger partial charge in [0, 0.05) is 24.1 Å². The van der Waals surface area contributed by atoms with Gasteiger partial charge in [0.15, 0.2) is 0 Å². The van der Waals surface area contributed by atoms with Crippen LogP contribution in [0.5, 0.6) is 0 Å². The van der Waals surface area contributed by atoms with Crippen molar-refractivity contribution in [3.8, 4) is 11.8 Å². The molecule has 0 aliphatic carbocycles. The van der Waals surface area contributed by atoms with Gasteiger partial charge in [-0.3, -0.25) is 9.36 Å². The largest absolute Gasteiger partial charge is 0.296 e. The maximum Gasteiger partial charge on any atom is 0.261 e. The Hall–Kier alpha value is -2.86. The average molecular weight is 328 g/mol. The van der Waals surface area contributed by atoms with E-state index in [-0.39, 0.29) is 5.56 Å². The number of benzene rings is 2. The molecule has 0 radical (unpaired) electrons. The third-order valence-corrected chi connectivity index (χ3v) is 4.78. The summed E-state index contributed by atoms with van der Waals surface area (Å²) in [7, 11) is 0. The lowest BCUT2D eigenvalue weighted by Gasteiger charge is -2.22. The van der Waals surface area contributed by atoms with Gasteiger partial charge in [-0.2, -0.15) is 0 Å². The number of nitrogens with zero attached hydrogens (tertiary/aromatic N) is 2. The maximum atomic E-state index is 12.7. The fraction of sp³-hybridized carbons (Fsp3) is 0.273. The van der Waals surface area contributed by atoms with Crippen LogP contribution in [0.25, 0.3) is 10.9 Å². The first kappa shape index (κ1) is 15.7. The molecule has 0 fully saturated rings. The van der Waals surface area contributed by atoms with Crippen molar-refractivity contribution in [3.05, 3.63) is 75.3 Å². The minimum absolute atomic E-state index is 0.0742. The van der Waals surface area contributed by atoms with Crippen molar-refractivity contribution in [1.82, 2.24) is 9.55 Å². The summed E-state index contributed by atoms with van der Waals surface area (Å²) in [5.41, 5.74) is 3.90. The topological polar surface area (TPSA) is 34.9 Å². The summed E-state index contributed by atoms with van der Waals surface area (Å²) in [6, 6.07) is 13.8. The zero-order valence-corrected chi connectivity index (χ0v) is 14.5. The van der Waals surface area contributed by atoms with Gasteiger partial charge >= 0.3 is 0 Å². The Morgan fingerprint density at radius 3 is 2.72 bits per heavy atom. The second-order valence-electron chi connectivity index (χ2n) is 6.93. The molecule has 1 atom stereocenters. The molecule has 2 aromatic carbocycles. The molecule has 1 aliphatic heterocycles. The van der Waals surface area contributed by atoms with E-state index in [1.54, 1.807) is 0 Å². The van der Waals surface area contributed by atoms with Crippen molar-refractivity contribution in [2.24, 2.45) is 5.92 Å². The van der Waals surface area contributed by atoms with Gasteiger partial charge in [0.1, 0.15) is 5.82 Å². The number of aromatic nitrogens is 2. The molecule has 1 aromatic heterocycles. The van der Waals surface area contributed by atoms with Crippen molar-refractivity contribution in [2.45, 2.75) is 33.2 Å². The van der Waals surface area contributed by atoms with E-state index in [9.17, 15) is 4.79 Å². The van der Waals surface area contributed by atoms with E-state index in [0.29, 0.717) is 11.3 Å². The maximum absolute atomic E-state index is 12.7. The van der Waals surface area contributed by atoms with Crippen LogP contribution in [0.1, 0.15) is 35.9 Å². The number of rotatable bonds is 0. The Bertz CT molecular complexity index is 1080. The predicted octanol–water partition coefficient (Wildman–Crippen LogP) is 3.69. The third-order valence-electron chi connectivity index (χ3n) is 4.78. The van der Waals surface area contributed by atoms with Gasteiger partial charge in [0.25, 0.3) is 5.56 Å². The van der Waals surface area contributed by atoms with Gasteiger partial charge in [-0.25, -0.2) is 4.98 Å². The molecule has 4 rings (SSSR count). The molecule has 2 heterocycles. The Morgan fingerprint density at radius 2 is 1.92 bits per heavy atom. The molecular weight excluding hydrogens is 308 g/mol. The molecular formula is C22H20N2O. The van der Waals surface area contributed by atoms with E-state index in [4.69, 9.17) is 4.98 Å². The van der Waals surface area contributed by atoms with Crippen LogP contribution in [0.3, 0.4) is 0 Å². The summed E-state index contributed by atoms with van der Waals surface area (Å²) >= 11 is 0. The summed E-state index contributed by atoms with van der Waals surface area (Å²) in [6.07, 6.45) is 1.91. The highest BCUT2D eigenvalue weighted by Crippen LogP contribution is 2.19. The molecule has 25 heavy (non-hydrogen) atoms. The molecule has 0 N–H and O–H groups in total. The molecule has 0 saturated heterocycles. The minimum Gasteiger partial charge on any atom is -0.296 e. The molecule has 0 bridgehead atoms. The standard InChI is InChI=1S/C22H20N2O/c1-15-4-3-5-17(12-15)6-7-18-8-9-19-20(14-18)23-21-13-16(2)10-11-24(21)22(19)25/h3-5,8-9,12,14,16H,10-11,13H2,1-2H3. The molecule has 3 nitrogen and oxygen atoms in total. The predicted molar refractivity (Wildman–Crippen MR) is 101 cm³/mol. The van der Waals surface area contributed by atoms with E-state index in [0.717, 1.165) is 41.9 Å². The normalized spacial score (nSPS) is 16.2. The molecule has 124 valence electrons. The van der Waals surface area contributed by atoms with E-state index in [1.807, 2.05) is 34.9 Å². The minimum atomic E-state index is 0.0742. The first-order valence-electron chi connectivity index (χ1n) is 8.72. The summed E-state index contributed by atoms with van der Waals surface area (Å²) < 4.78 is 1.83. The highest BCUT2D eigenvalue weighted by molar-refractivity contribution is 5.79. The van der Waals surface area contributed by atoms with Crippen LogP contribution in [0.4, 0.5) is 0 Å². The van der Waals surface area contributed by atoms with E-state index < -0.39 is 0 Å². The van der Waals surface area contributed by atoms with Crippen LogP contribution >= 0.6 is 0 Å². The van der Waals surface area contributed by atoms with Crippen LogP contribution < -0.4 is 5.56 Å². The van der Waals surface area contributed by atoms with Gasteiger partial charge in [-0.05, 0) is 55.2 Å². The quantitative estimate of drug-likeness (QED) is 0.590. The van der Waals surface area contributed by atoms with Gasteiger partial charge in [-0.1, -0.05) is 30.9 Å². The lowest BCUT2D eigenvalue weighted by molar-refractivity contribution is 0.397. The lowest BCUT2D eigenvalue weighted by Crippen LogP contribution is -2.31. The molecule has 0 amide bonds. The van der Waals surface area contributed by atoms with Gasteiger partial charge in [-0.15, -0.1) is 0 Å². The van der Waals surface area contributed by atoms with Gasteiger partial charge in [0.05, 0.1) is 10.9 Å². The number of aryl methyl sites for hydroxylation is 1. The van der Waals surface area contributed by atoms with E-state index in [2.05, 4.69) is 37.8 Å². The average Bonchev–Trinajstić information content (AvgIpc) is 2.60. The van der Waals surface area contributed by atoms with E-state index in [1.165, 1.54) is 5.56 Å². The van der Waals surface area contributed by atoms with Crippen LogP contribution in [0, 0.1) is 24.7 Å². The summed E-state index contributed by atoms with van der Waals surface area (Å²) in [6.45, 7) is 5.04. The Labute approximate surface area is 147 Å².